The predicted molar refractivity (Wildman–Crippen MR) is 79.5 cm³/mol. The second-order valence-corrected chi connectivity index (χ2v) is 5.15. The zero-order chi connectivity index (χ0) is 14.5. The van der Waals surface area contributed by atoms with Crippen LogP contribution in [0.2, 0.25) is 0 Å². The van der Waals surface area contributed by atoms with E-state index in [0.717, 1.165) is 15.6 Å². The quantitative estimate of drug-likeness (QED) is 0.829. The second kappa shape index (κ2) is 6.65. The Morgan fingerprint density at radius 2 is 2.15 bits per heavy atom. The Labute approximate surface area is 120 Å². The van der Waals surface area contributed by atoms with Gasteiger partial charge in [0, 0.05) is 4.70 Å². The highest BCUT2D eigenvalue weighted by Gasteiger charge is 2.23. The monoisotopic (exact) mass is 292 g/mol. The molecule has 106 valence electrons. The molecule has 4 nitrogen and oxygen atoms in total. The second-order valence-electron chi connectivity index (χ2n) is 4.23. The fraction of sp³-hybridized carbons (Fsp3) is 0.267. The van der Waals surface area contributed by atoms with Crippen LogP contribution < -0.4 is 0 Å². The number of rotatable bonds is 5. The van der Waals surface area contributed by atoms with Crippen molar-refractivity contribution in [3.05, 3.63) is 41.3 Å². The lowest BCUT2D eigenvalue weighted by Gasteiger charge is -2.12. The summed E-state index contributed by atoms with van der Waals surface area (Å²) in [5, 5.41) is 22.4. The van der Waals surface area contributed by atoms with Crippen molar-refractivity contribution in [3.8, 4) is 0 Å². The molecular weight excluding hydrogens is 276 g/mol. The first-order chi connectivity index (χ1) is 9.63. The van der Waals surface area contributed by atoms with Gasteiger partial charge in [0.25, 0.3) is 0 Å². The van der Waals surface area contributed by atoms with Gasteiger partial charge in [-0.05, 0) is 29.3 Å². The molecule has 0 aliphatic heterocycles. The van der Waals surface area contributed by atoms with Crippen LogP contribution in [0.15, 0.2) is 35.7 Å². The van der Waals surface area contributed by atoms with Crippen LogP contribution >= 0.6 is 11.3 Å². The Morgan fingerprint density at radius 1 is 1.40 bits per heavy atom. The van der Waals surface area contributed by atoms with Crippen molar-refractivity contribution in [1.82, 2.24) is 0 Å². The number of aliphatic hydroxyl groups is 2. The summed E-state index contributed by atoms with van der Waals surface area (Å²) in [6.45, 7) is 1.81. The van der Waals surface area contributed by atoms with Crippen LogP contribution in [0.25, 0.3) is 16.2 Å². The molecule has 0 amide bonds. The number of hydrogen-bond acceptors (Lipinski definition) is 5. The van der Waals surface area contributed by atoms with Crippen LogP contribution in [0.3, 0.4) is 0 Å². The molecule has 2 N–H and O–H groups in total. The molecular formula is C15H16O4S. The zero-order valence-corrected chi connectivity index (χ0v) is 11.8. The van der Waals surface area contributed by atoms with E-state index in [1.165, 1.54) is 6.08 Å². The Bertz CT molecular complexity index is 617. The van der Waals surface area contributed by atoms with Gasteiger partial charge in [-0.25, -0.2) is 4.79 Å². The number of benzene rings is 1. The third-order valence-electron chi connectivity index (χ3n) is 2.84. The highest BCUT2D eigenvalue weighted by Crippen LogP contribution is 2.26. The summed E-state index contributed by atoms with van der Waals surface area (Å²) < 4.78 is 5.80. The molecule has 0 aliphatic carbocycles. The number of carbonyl (C=O) groups is 1. The van der Waals surface area contributed by atoms with Gasteiger partial charge in [0.05, 0.1) is 6.61 Å². The number of thiophene rings is 1. The summed E-state index contributed by atoms with van der Waals surface area (Å²) >= 11 is 1.60. The van der Waals surface area contributed by atoms with Crippen molar-refractivity contribution in [1.29, 1.82) is 0 Å². The standard InChI is InChI=1S/C15H16O4S/c1-2-19-15(18)14(17)12(16)8-7-10-9-20-13-6-4-3-5-11(10)13/h3-9,12,14,16-17H,2H2,1H3/b8-7+/t12-,14+/m1/s1. The first-order valence-corrected chi connectivity index (χ1v) is 7.18. The molecule has 0 spiro atoms. The van der Waals surface area contributed by atoms with Gasteiger partial charge < -0.3 is 14.9 Å². The molecule has 1 heterocycles. The SMILES string of the molecule is CCOC(=O)[C@@H](O)[C@H](O)/C=C/c1csc2ccccc12. The Morgan fingerprint density at radius 3 is 2.90 bits per heavy atom. The van der Waals surface area contributed by atoms with Gasteiger partial charge in [0.1, 0.15) is 6.10 Å². The molecule has 1 aromatic carbocycles. The minimum atomic E-state index is -1.56. The summed E-state index contributed by atoms with van der Waals surface area (Å²) in [7, 11) is 0. The molecule has 0 saturated heterocycles. The number of fused-ring (bicyclic) bond motifs is 1. The van der Waals surface area contributed by atoms with Crippen LogP contribution in [0.1, 0.15) is 12.5 Å². The van der Waals surface area contributed by atoms with E-state index in [1.807, 2.05) is 29.6 Å². The van der Waals surface area contributed by atoms with Crippen LogP contribution in [-0.2, 0) is 9.53 Å². The summed E-state index contributed by atoms with van der Waals surface area (Å²) in [5.41, 5.74) is 0.945. The van der Waals surface area contributed by atoms with Crippen molar-refractivity contribution in [2.45, 2.75) is 19.1 Å². The van der Waals surface area contributed by atoms with Crippen LogP contribution in [-0.4, -0.2) is 35.0 Å². The molecule has 0 bridgehead atoms. The van der Waals surface area contributed by atoms with E-state index >= 15 is 0 Å². The molecule has 0 saturated carbocycles. The van der Waals surface area contributed by atoms with E-state index in [0.29, 0.717) is 0 Å². The van der Waals surface area contributed by atoms with Gasteiger partial charge in [0.2, 0.25) is 0 Å². The van der Waals surface area contributed by atoms with Gasteiger partial charge in [0.15, 0.2) is 6.10 Å². The van der Waals surface area contributed by atoms with Gasteiger partial charge in [-0.15, -0.1) is 11.3 Å². The van der Waals surface area contributed by atoms with E-state index in [-0.39, 0.29) is 6.61 Å². The zero-order valence-electron chi connectivity index (χ0n) is 11.0. The van der Waals surface area contributed by atoms with Crippen LogP contribution in [0.4, 0.5) is 0 Å². The maximum absolute atomic E-state index is 11.3. The minimum absolute atomic E-state index is 0.168. The fourth-order valence-electron chi connectivity index (χ4n) is 1.80. The summed E-state index contributed by atoms with van der Waals surface area (Å²) in [6, 6.07) is 7.91. The maximum atomic E-state index is 11.3. The minimum Gasteiger partial charge on any atom is -0.464 e. The fourth-order valence-corrected chi connectivity index (χ4v) is 2.73. The number of carbonyl (C=O) groups excluding carboxylic acids is 1. The van der Waals surface area contributed by atoms with Gasteiger partial charge >= 0.3 is 5.97 Å². The molecule has 0 aliphatic rings. The first kappa shape index (κ1) is 14.7. The molecule has 2 rings (SSSR count). The predicted octanol–water partition coefficient (Wildman–Crippen LogP) is 2.20. The molecule has 2 aromatic rings. The third-order valence-corrected chi connectivity index (χ3v) is 3.82. The van der Waals surface area contributed by atoms with E-state index in [2.05, 4.69) is 4.74 Å². The van der Waals surface area contributed by atoms with Crippen molar-refractivity contribution in [2.24, 2.45) is 0 Å². The number of ether oxygens (including phenoxy) is 1. The molecule has 20 heavy (non-hydrogen) atoms. The normalized spacial score (nSPS) is 14.6. The third kappa shape index (κ3) is 3.25. The average Bonchev–Trinajstić information content (AvgIpc) is 2.87. The van der Waals surface area contributed by atoms with E-state index < -0.39 is 18.2 Å². The summed E-state index contributed by atoms with van der Waals surface area (Å²) in [4.78, 5) is 11.3. The number of aliphatic hydroxyl groups excluding tert-OH is 2. The summed E-state index contributed by atoms with van der Waals surface area (Å²) in [6.07, 6.45) is 0.256. The topological polar surface area (TPSA) is 66.8 Å². The van der Waals surface area contributed by atoms with E-state index in [4.69, 9.17) is 0 Å². The molecule has 0 unspecified atom stereocenters. The lowest BCUT2D eigenvalue weighted by atomic mass is 10.1. The molecule has 0 fully saturated rings. The smallest absolute Gasteiger partial charge is 0.338 e. The Hall–Kier alpha value is -1.69. The number of esters is 1. The molecule has 2 atom stereocenters. The first-order valence-electron chi connectivity index (χ1n) is 6.30. The maximum Gasteiger partial charge on any atom is 0.338 e. The average molecular weight is 292 g/mol. The lowest BCUT2D eigenvalue weighted by molar-refractivity contribution is -0.157. The van der Waals surface area contributed by atoms with E-state index in [1.54, 1.807) is 24.3 Å². The number of hydrogen-bond donors (Lipinski definition) is 2. The van der Waals surface area contributed by atoms with Gasteiger partial charge in [-0.1, -0.05) is 30.4 Å². The highest BCUT2D eigenvalue weighted by molar-refractivity contribution is 7.17. The summed E-state index contributed by atoms with van der Waals surface area (Å²) in [5.74, 6) is -0.820. The van der Waals surface area contributed by atoms with Crippen LogP contribution in [0, 0.1) is 0 Å². The molecule has 0 radical (unpaired) electrons. The van der Waals surface area contributed by atoms with Crippen LogP contribution in [0.5, 0.6) is 0 Å². The largest absolute Gasteiger partial charge is 0.464 e. The van der Waals surface area contributed by atoms with Crippen molar-refractivity contribution >= 4 is 33.5 Å². The van der Waals surface area contributed by atoms with Crippen molar-refractivity contribution in [2.75, 3.05) is 6.61 Å². The Kier molecular flexibility index (Phi) is 4.89. The van der Waals surface area contributed by atoms with E-state index in [9.17, 15) is 15.0 Å². The van der Waals surface area contributed by atoms with Gasteiger partial charge in [-0.2, -0.15) is 0 Å². The molecule has 1 aromatic heterocycles. The lowest BCUT2D eigenvalue weighted by Crippen LogP contribution is -2.34. The Balaban J connectivity index is 2.10. The molecule has 5 heteroatoms. The van der Waals surface area contributed by atoms with Crippen molar-refractivity contribution < 1.29 is 19.7 Å². The van der Waals surface area contributed by atoms with Gasteiger partial charge in [-0.3, -0.25) is 0 Å². The highest BCUT2D eigenvalue weighted by atomic mass is 32.1. The van der Waals surface area contributed by atoms with Crippen molar-refractivity contribution in [3.63, 3.8) is 0 Å².